The van der Waals surface area contributed by atoms with Crippen LogP contribution in [0.5, 0.6) is 0 Å². The van der Waals surface area contributed by atoms with Crippen LogP contribution in [0.4, 0.5) is 35.1 Å². The second-order valence-electron chi connectivity index (χ2n) is 10.3. The number of alkyl halides is 7. The van der Waals surface area contributed by atoms with Crippen molar-refractivity contribution in [3.8, 4) is 0 Å². The maximum atomic E-state index is 14.9. The van der Waals surface area contributed by atoms with Gasteiger partial charge in [-0.05, 0) is 60.4 Å². The molecule has 2 unspecified atom stereocenters. The number of carbonyl (C=O) groups is 1. The molecular weight excluding hydrogens is 614 g/mol. The van der Waals surface area contributed by atoms with Gasteiger partial charge in [-0.3, -0.25) is 4.79 Å². The van der Waals surface area contributed by atoms with Crippen LogP contribution in [0.3, 0.4) is 0 Å². The van der Waals surface area contributed by atoms with Gasteiger partial charge >= 0.3 is 18.0 Å². The van der Waals surface area contributed by atoms with E-state index in [0.29, 0.717) is 12.1 Å². The van der Waals surface area contributed by atoms with Gasteiger partial charge in [0, 0.05) is 23.2 Å². The molecule has 6 nitrogen and oxygen atoms in total. The van der Waals surface area contributed by atoms with Crippen molar-refractivity contribution in [3.05, 3.63) is 100 Å². The molecule has 2 aliphatic rings. The van der Waals surface area contributed by atoms with Crippen LogP contribution in [0.1, 0.15) is 45.3 Å². The summed E-state index contributed by atoms with van der Waals surface area (Å²) in [6.07, 6.45) is -15.5. The largest absolute Gasteiger partial charge is 0.435 e. The summed E-state index contributed by atoms with van der Waals surface area (Å²) in [5, 5.41) is 18.6. The molecule has 1 heterocycles. The van der Waals surface area contributed by atoms with E-state index in [2.05, 4.69) is 0 Å². The third-order valence-corrected chi connectivity index (χ3v) is 10.7. The van der Waals surface area contributed by atoms with Gasteiger partial charge in [0.2, 0.25) is 0 Å². The van der Waals surface area contributed by atoms with Crippen molar-refractivity contribution in [2.75, 3.05) is 6.54 Å². The fraction of sp³-hybridized carbons (Fsp3) is 0.321. The van der Waals surface area contributed by atoms with Crippen LogP contribution in [-0.2, 0) is 26.7 Å². The average molecular weight is 636 g/mol. The molecule has 1 fully saturated rings. The van der Waals surface area contributed by atoms with E-state index in [1.165, 1.54) is 24.3 Å². The van der Waals surface area contributed by atoms with Gasteiger partial charge in [-0.15, -0.1) is 0 Å². The number of carbonyl (C=O) groups excluding carboxylic acids is 1. The number of aliphatic hydroxyl groups excluding tert-OH is 1. The maximum absolute atomic E-state index is 14.9. The fourth-order valence-corrected chi connectivity index (χ4v) is 8.36. The molecule has 230 valence electrons. The highest BCUT2D eigenvalue weighted by Crippen LogP contribution is 2.57. The van der Waals surface area contributed by atoms with Crippen molar-refractivity contribution < 1.29 is 58.5 Å². The topological polar surface area (TPSA) is 94.9 Å². The lowest BCUT2D eigenvalue weighted by Gasteiger charge is -2.33. The van der Waals surface area contributed by atoms with Crippen LogP contribution >= 0.6 is 0 Å². The van der Waals surface area contributed by atoms with Crippen LogP contribution in [0.2, 0.25) is 0 Å². The third-order valence-electron chi connectivity index (χ3n) is 8.11. The first-order valence-electron chi connectivity index (χ1n) is 12.6. The van der Waals surface area contributed by atoms with Crippen LogP contribution in [0.15, 0.2) is 71.6 Å². The molecule has 5 rings (SSSR count). The van der Waals surface area contributed by atoms with E-state index in [9.17, 15) is 58.5 Å². The number of aliphatic hydroxyl groups is 2. The van der Waals surface area contributed by atoms with Crippen LogP contribution in [0.25, 0.3) is 0 Å². The number of halogens is 8. The van der Waals surface area contributed by atoms with E-state index in [1.54, 1.807) is 0 Å². The van der Waals surface area contributed by atoms with Gasteiger partial charge in [-0.25, -0.2) is 17.2 Å². The predicted molar refractivity (Wildman–Crippen MR) is 133 cm³/mol. The van der Waals surface area contributed by atoms with Crippen molar-refractivity contribution in [1.29, 1.82) is 0 Å². The second-order valence-corrected chi connectivity index (χ2v) is 12.5. The number of fused-ring (bicyclic) bond motifs is 3. The number of benzene rings is 3. The summed E-state index contributed by atoms with van der Waals surface area (Å²) in [7, 11) is -4.60. The van der Waals surface area contributed by atoms with Crippen molar-refractivity contribution in [1.82, 2.24) is 4.90 Å². The molecule has 1 aliphatic heterocycles. The van der Waals surface area contributed by atoms with Gasteiger partial charge in [0.15, 0.2) is 16.1 Å². The van der Waals surface area contributed by atoms with Crippen LogP contribution < -0.4 is 0 Å². The minimum absolute atomic E-state index is 0.0204. The Bertz CT molecular complexity index is 1660. The van der Waals surface area contributed by atoms with Gasteiger partial charge in [-0.2, -0.15) is 26.3 Å². The van der Waals surface area contributed by atoms with Gasteiger partial charge < -0.3 is 15.1 Å². The Morgan fingerprint density at radius 3 is 2.00 bits per heavy atom. The van der Waals surface area contributed by atoms with Crippen molar-refractivity contribution in [3.63, 3.8) is 0 Å². The highest BCUT2D eigenvalue weighted by molar-refractivity contribution is 7.92. The molecule has 1 saturated heterocycles. The summed E-state index contributed by atoms with van der Waals surface area (Å²) in [5.74, 6) is -1.53. The van der Waals surface area contributed by atoms with E-state index in [4.69, 9.17) is 0 Å². The first kappa shape index (κ1) is 30.9. The Kier molecular flexibility index (Phi) is 7.18. The van der Waals surface area contributed by atoms with E-state index in [0.717, 1.165) is 29.2 Å². The Morgan fingerprint density at radius 1 is 0.884 bits per heavy atom. The van der Waals surface area contributed by atoms with Crippen molar-refractivity contribution >= 4 is 15.7 Å². The lowest BCUT2D eigenvalue weighted by molar-refractivity contribution is -0.348. The summed E-state index contributed by atoms with van der Waals surface area (Å²) >= 11 is 0. The standard InChI is InChI=1S/C28H21F8NO5S/c29-19-6-8-20(9-7-19)43(41,42)25-11-12-37(23(38)15-1-3-16(4-2-15)24(39)40)22(25)14-17-13-18(5-10-21(17)25)26(30,27(31,32)33)28(34,35)36/h1-10,13,22,24,39-40H,11-12,14H2. The predicted octanol–water partition coefficient (Wildman–Crippen LogP) is 5.24. The molecular formula is C28H21F8NO5S. The monoisotopic (exact) mass is 635 g/mol. The Hall–Kier alpha value is -3.56. The average Bonchev–Trinajstić information content (AvgIpc) is 3.47. The van der Waals surface area contributed by atoms with Crippen molar-refractivity contribution in [2.24, 2.45) is 0 Å². The molecule has 0 aromatic heterocycles. The number of rotatable bonds is 5. The molecule has 0 spiro atoms. The molecule has 43 heavy (non-hydrogen) atoms. The fourth-order valence-electron chi connectivity index (χ4n) is 6.03. The zero-order valence-electron chi connectivity index (χ0n) is 21.6. The third kappa shape index (κ3) is 4.51. The summed E-state index contributed by atoms with van der Waals surface area (Å²) < 4.78 is 136. The summed E-state index contributed by atoms with van der Waals surface area (Å²) in [5.41, 5.74) is -8.07. The van der Waals surface area contributed by atoms with Gasteiger partial charge in [0.25, 0.3) is 5.91 Å². The first-order valence-corrected chi connectivity index (χ1v) is 14.1. The molecule has 3 aromatic rings. The van der Waals surface area contributed by atoms with E-state index in [-0.39, 0.29) is 41.3 Å². The SMILES string of the molecule is O=C(c1ccc(C(O)O)cc1)N1CCC2(S(=O)(=O)c3ccc(F)cc3)c3ccc(C(F)(C(F)(F)F)C(F)(F)F)cc3CC12. The number of nitrogens with zero attached hydrogens (tertiary/aromatic N) is 1. The number of hydrogen-bond donors (Lipinski definition) is 2. The first-order chi connectivity index (χ1) is 19.9. The molecule has 2 atom stereocenters. The highest BCUT2D eigenvalue weighted by atomic mass is 32.2. The Labute approximate surface area is 239 Å². The van der Waals surface area contributed by atoms with Gasteiger partial charge in [0.1, 0.15) is 10.6 Å². The number of hydrogen-bond acceptors (Lipinski definition) is 5. The second kappa shape index (κ2) is 9.99. The summed E-state index contributed by atoms with van der Waals surface area (Å²) in [4.78, 5) is 14.3. The van der Waals surface area contributed by atoms with E-state index < -0.39 is 73.5 Å². The molecule has 1 amide bonds. The summed E-state index contributed by atoms with van der Waals surface area (Å²) in [6, 6.07) is 8.46. The summed E-state index contributed by atoms with van der Waals surface area (Å²) in [6.45, 7) is -0.201. The van der Waals surface area contributed by atoms with Gasteiger partial charge in [0.05, 0.1) is 10.9 Å². The normalized spacial score (nSPS) is 20.8. The molecule has 2 N–H and O–H groups in total. The maximum Gasteiger partial charge on any atom is 0.435 e. The Morgan fingerprint density at radius 2 is 1.47 bits per heavy atom. The van der Waals surface area contributed by atoms with E-state index >= 15 is 0 Å². The van der Waals surface area contributed by atoms with E-state index in [1.807, 2.05) is 0 Å². The lowest BCUT2D eigenvalue weighted by Crippen LogP contribution is -2.50. The van der Waals surface area contributed by atoms with Crippen LogP contribution in [0, 0.1) is 5.82 Å². The smallest absolute Gasteiger partial charge is 0.364 e. The number of amides is 1. The molecule has 0 saturated carbocycles. The minimum atomic E-state index is -6.40. The number of likely N-dealkylation sites (tertiary alicyclic amines) is 1. The lowest BCUT2D eigenvalue weighted by atomic mass is 9.90. The van der Waals surface area contributed by atoms with Crippen molar-refractivity contribution in [2.45, 2.75) is 52.8 Å². The zero-order valence-corrected chi connectivity index (χ0v) is 22.4. The molecule has 15 heteroatoms. The molecule has 3 aromatic carbocycles. The van der Waals surface area contributed by atoms with Gasteiger partial charge in [-0.1, -0.05) is 30.3 Å². The molecule has 0 bridgehead atoms. The Balaban J connectivity index is 1.67. The molecule has 0 radical (unpaired) electrons. The zero-order chi connectivity index (χ0) is 31.8. The quantitative estimate of drug-likeness (QED) is 0.227. The minimum Gasteiger partial charge on any atom is -0.364 e. The van der Waals surface area contributed by atoms with Crippen LogP contribution in [-0.4, -0.2) is 54.4 Å². The number of sulfone groups is 1. The molecule has 1 aliphatic carbocycles. The highest BCUT2D eigenvalue weighted by Gasteiger charge is 2.74.